The van der Waals surface area contributed by atoms with Crippen LogP contribution < -0.4 is 0 Å². The average molecular weight is 359 g/mol. The summed E-state index contributed by atoms with van der Waals surface area (Å²) in [6.45, 7) is 12.2. The highest BCUT2D eigenvalue weighted by Gasteiger charge is 2.21. The first-order valence-electron chi connectivity index (χ1n) is 8.46. The summed E-state index contributed by atoms with van der Waals surface area (Å²) < 4.78 is 21.7. The molecule has 0 unspecified atom stereocenters. The van der Waals surface area contributed by atoms with Gasteiger partial charge in [-0.15, -0.1) is 0 Å². The smallest absolute Gasteiger partial charge is 0.333 e. The topological polar surface area (TPSA) is 71.1 Å². The molecule has 0 aromatic carbocycles. The summed E-state index contributed by atoms with van der Waals surface area (Å²) >= 11 is 0. The summed E-state index contributed by atoms with van der Waals surface area (Å²) in [6.07, 6.45) is 5.44. The molecule has 0 N–H and O–H groups in total. The Kier molecular flexibility index (Phi) is 14.2. The van der Waals surface area contributed by atoms with Gasteiger partial charge < -0.3 is 18.3 Å². The molecule has 0 aliphatic carbocycles. The van der Waals surface area contributed by atoms with Crippen molar-refractivity contribution in [2.75, 3.05) is 13.2 Å². The van der Waals surface area contributed by atoms with Gasteiger partial charge in [0.15, 0.2) is 0 Å². The van der Waals surface area contributed by atoms with Crippen LogP contribution in [0.5, 0.6) is 0 Å². The molecule has 24 heavy (non-hydrogen) atoms. The molecule has 0 saturated heterocycles. The van der Waals surface area contributed by atoms with Crippen molar-refractivity contribution >= 4 is 21.2 Å². The predicted octanol–water partition coefficient (Wildman–Crippen LogP) is 3.01. The van der Waals surface area contributed by atoms with Crippen LogP contribution in [0.2, 0.25) is 6.04 Å². The highest BCUT2D eigenvalue weighted by atomic mass is 28.3. The van der Waals surface area contributed by atoms with Gasteiger partial charge in [0.25, 0.3) is 0 Å². The van der Waals surface area contributed by atoms with Gasteiger partial charge in [0.05, 0.1) is 0 Å². The van der Waals surface area contributed by atoms with Crippen molar-refractivity contribution in [3.63, 3.8) is 0 Å². The summed E-state index contributed by atoms with van der Waals surface area (Å²) in [4.78, 5) is 22.7. The fraction of sp³-hybridized carbons (Fsp3) is 0.647. The Bertz CT molecular complexity index is 353. The van der Waals surface area contributed by atoms with Crippen molar-refractivity contribution in [3.8, 4) is 0 Å². The zero-order chi connectivity index (χ0) is 18.2. The Morgan fingerprint density at radius 2 is 1.42 bits per heavy atom. The predicted molar refractivity (Wildman–Crippen MR) is 94.7 cm³/mol. The number of ether oxygens (including phenoxy) is 2. The van der Waals surface area contributed by atoms with E-state index in [0.29, 0.717) is 25.7 Å². The van der Waals surface area contributed by atoms with Gasteiger partial charge >= 0.3 is 21.2 Å². The lowest BCUT2D eigenvalue weighted by atomic mass is 10.4. The van der Waals surface area contributed by atoms with Crippen LogP contribution in [0.1, 0.15) is 46.0 Å². The highest BCUT2D eigenvalue weighted by molar-refractivity contribution is 6.44. The lowest BCUT2D eigenvalue weighted by Gasteiger charge is -2.20. The molecule has 6 nitrogen and oxygen atoms in total. The van der Waals surface area contributed by atoms with Gasteiger partial charge in [0.1, 0.15) is 0 Å². The van der Waals surface area contributed by atoms with E-state index >= 15 is 0 Å². The van der Waals surface area contributed by atoms with Crippen molar-refractivity contribution in [1.82, 2.24) is 0 Å². The third-order valence-corrected chi connectivity index (χ3v) is 5.09. The molecule has 0 saturated carbocycles. The zero-order valence-electron chi connectivity index (χ0n) is 14.8. The molecule has 0 atom stereocenters. The maximum absolute atomic E-state index is 11.3. The van der Waals surface area contributed by atoms with Gasteiger partial charge in [-0.25, -0.2) is 9.59 Å². The second-order valence-corrected chi connectivity index (χ2v) is 7.27. The van der Waals surface area contributed by atoms with Crippen molar-refractivity contribution in [3.05, 3.63) is 25.3 Å². The van der Waals surface area contributed by atoms with E-state index in [4.69, 9.17) is 18.3 Å². The first-order valence-corrected chi connectivity index (χ1v) is 10.2. The minimum Gasteiger partial charge on any atom is -0.422 e. The van der Waals surface area contributed by atoms with Crippen LogP contribution in [0.3, 0.4) is 0 Å². The van der Waals surface area contributed by atoms with Crippen LogP contribution in [0.25, 0.3) is 0 Å². The largest absolute Gasteiger partial charge is 0.422 e. The van der Waals surface area contributed by atoms with Crippen LogP contribution in [-0.2, 0) is 27.9 Å². The number of hydrogen-bond donors (Lipinski definition) is 0. The van der Waals surface area contributed by atoms with E-state index in [2.05, 4.69) is 27.0 Å². The maximum Gasteiger partial charge on any atom is 0.333 e. The summed E-state index contributed by atoms with van der Waals surface area (Å²) in [5.41, 5.74) is 0. The van der Waals surface area contributed by atoms with Crippen molar-refractivity contribution in [2.45, 2.75) is 58.3 Å². The van der Waals surface area contributed by atoms with E-state index in [1.165, 1.54) is 0 Å². The monoisotopic (exact) mass is 358 g/mol. The van der Waals surface area contributed by atoms with Crippen LogP contribution in [0, 0.1) is 0 Å². The Hall–Kier alpha value is -1.44. The molecular weight excluding hydrogens is 328 g/mol. The summed E-state index contributed by atoms with van der Waals surface area (Å²) in [7, 11) is -1.90. The quantitative estimate of drug-likeness (QED) is 0.147. The molecule has 0 heterocycles. The van der Waals surface area contributed by atoms with E-state index in [-0.39, 0.29) is 0 Å². The number of esters is 2. The Labute approximate surface area is 146 Å². The molecule has 0 aliphatic rings. The molecule has 0 spiro atoms. The Morgan fingerprint density at radius 3 is 1.79 bits per heavy atom. The minimum absolute atomic E-state index is 0.328. The number of hydrogen-bond acceptors (Lipinski definition) is 6. The maximum atomic E-state index is 11.3. The fourth-order valence-corrected chi connectivity index (χ4v) is 3.54. The van der Waals surface area contributed by atoms with Gasteiger partial charge in [-0.2, -0.15) is 0 Å². The molecule has 0 fully saturated rings. The molecule has 0 aliphatic heterocycles. The van der Waals surface area contributed by atoms with Crippen LogP contribution in [0.15, 0.2) is 25.3 Å². The molecule has 0 aromatic heterocycles. The van der Waals surface area contributed by atoms with Gasteiger partial charge in [0, 0.05) is 31.8 Å². The zero-order valence-corrected chi connectivity index (χ0v) is 16.0. The lowest BCUT2D eigenvalue weighted by molar-refractivity contribution is -0.181. The SMILES string of the molecule is C=CC(=O)OC(CC[SiH](OCCCC)OCCCC)OC(=O)C=C. The fourth-order valence-electron chi connectivity index (χ4n) is 1.70. The normalized spacial score (nSPS) is 10.7. The molecule has 0 aromatic rings. The minimum atomic E-state index is -1.90. The van der Waals surface area contributed by atoms with Crippen LogP contribution >= 0.6 is 0 Å². The number of carbonyl (C=O) groups excluding carboxylic acids is 2. The molecule has 138 valence electrons. The Morgan fingerprint density at radius 1 is 0.958 bits per heavy atom. The second kappa shape index (κ2) is 15.1. The van der Waals surface area contributed by atoms with Crippen molar-refractivity contribution in [1.29, 1.82) is 0 Å². The van der Waals surface area contributed by atoms with Gasteiger partial charge in [-0.05, 0) is 18.9 Å². The highest BCUT2D eigenvalue weighted by Crippen LogP contribution is 2.12. The summed E-state index contributed by atoms with van der Waals surface area (Å²) in [6, 6.07) is 0.576. The molecular formula is C17H30O6Si. The third kappa shape index (κ3) is 12.0. The van der Waals surface area contributed by atoms with E-state index in [9.17, 15) is 9.59 Å². The van der Waals surface area contributed by atoms with Crippen molar-refractivity contribution < 1.29 is 27.9 Å². The van der Waals surface area contributed by atoms with E-state index < -0.39 is 27.5 Å². The molecule has 0 bridgehead atoms. The number of rotatable bonds is 15. The lowest BCUT2D eigenvalue weighted by Crippen LogP contribution is -2.29. The van der Waals surface area contributed by atoms with E-state index in [1.54, 1.807) is 0 Å². The third-order valence-electron chi connectivity index (χ3n) is 3.07. The van der Waals surface area contributed by atoms with Gasteiger partial charge in [-0.1, -0.05) is 39.8 Å². The second-order valence-electron chi connectivity index (χ2n) is 5.17. The summed E-state index contributed by atoms with van der Waals surface area (Å²) in [5.74, 6) is -1.29. The van der Waals surface area contributed by atoms with Gasteiger partial charge in [0.2, 0.25) is 6.29 Å². The van der Waals surface area contributed by atoms with Crippen LogP contribution in [0.4, 0.5) is 0 Å². The van der Waals surface area contributed by atoms with E-state index in [0.717, 1.165) is 37.8 Å². The number of unbranched alkanes of at least 4 members (excludes halogenated alkanes) is 2. The van der Waals surface area contributed by atoms with Crippen molar-refractivity contribution in [2.24, 2.45) is 0 Å². The van der Waals surface area contributed by atoms with Gasteiger partial charge in [-0.3, -0.25) is 0 Å². The standard InChI is InChI=1S/C17H30O6Si/c1-5-9-12-20-24(21-13-10-6-2)14-11-17(22-15(18)7-3)23-16(19)8-4/h7-8,17,24H,3-6,9-14H2,1-2H3. The molecule has 0 rings (SSSR count). The molecule has 0 radical (unpaired) electrons. The first kappa shape index (κ1) is 22.6. The first-order chi connectivity index (χ1) is 11.6. The number of carbonyl (C=O) groups is 2. The average Bonchev–Trinajstić information content (AvgIpc) is 2.58. The van der Waals surface area contributed by atoms with Crippen LogP contribution in [-0.4, -0.2) is 40.7 Å². The molecule has 0 amide bonds. The summed E-state index contributed by atoms with van der Waals surface area (Å²) in [5, 5.41) is 0. The Balaban J connectivity index is 4.53. The van der Waals surface area contributed by atoms with E-state index in [1.807, 2.05) is 0 Å². The molecule has 7 heteroatoms.